The number of carbonyl (C=O) groups is 1. The first-order chi connectivity index (χ1) is 9.52. The second-order valence-electron chi connectivity index (χ2n) is 4.48. The Kier molecular flexibility index (Phi) is 3.06. The standard InChI is InChI=1S/C13H11BrN4O2/c1-6-15-8-3-2-7(4-9(8)16-6)12-10(5-11(19)20)17-13(14)18-12/h2-4H,5H2,1H3,(H,15,16)(H,17,18)(H,19,20). The van der Waals surface area contributed by atoms with Crippen molar-refractivity contribution in [3.05, 3.63) is 34.5 Å². The van der Waals surface area contributed by atoms with Gasteiger partial charge in [-0.1, -0.05) is 6.07 Å². The van der Waals surface area contributed by atoms with Gasteiger partial charge in [0.15, 0.2) is 4.73 Å². The quantitative estimate of drug-likeness (QED) is 0.686. The number of aromatic nitrogens is 4. The molecule has 0 saturated carbocycles. The van der Waals surface area contributed by atoms with Crippen molar-refractivity contribution >= 4 is 32.9 Å². The number of fused-ring (bicyclic) bond motifs is 1. The van der Waals surface area contributed by atoms with Gasteiger partial charge >= 0.3 is 5.97 Å². The Bertz CT molecular complexity index is 806. The normalized spacial score (nSPS) is 11.1. The molecular weight excluding hydrogens is 324 g/mol. The number of aromatic amines is 2. The van der Waals surface area contributed by atoms with Gasteiger partial charge in [-0.25, -0.2) is 9.97 Å². The van der Waals surface area contributed by atoms with Crippen LogP contribution in [0, 0.1) is 6.92 Å². The maximum atomic E-state index is 10.9. The average Bonchev–Trinajstić information content (AvgIpc) is 2.89. The van der Waals surface area contributed by atoms with Gasteiger partial charge in [0.1, 0.15) is 5.82 Å². The number of carboxylic acids is 1. The molecular formula is C13H11BrN4O2. The van der Waals surface area contributed by atoms with E-state index in [1.54, 1.807) is 0 Å². The lowest BCUT2D eigenvalue weighted by molar-refractivity contribution is -0.136. The van der Waals surface area contributed by atoms with Crippen LogP contribution in [0.5, 0.6) is 0 Å². The van der Waals surface area contributed by atoms with Crippen LogP contribution in [-0.4, -0.2) is 31.0 Å². The zero-order valence-corrected chi connectivity index (χ0v) is 12.2. The van der Waals surface area contributed by atoms with Crippen molar-refractivity contribution < 1.29 is 9.90 Å². The van der Waals surface area contributed by atoms with Crippen molar-refractivity contribution in [2.24, 2.45) is 0 Å². The molecule has 0 aliphatic rings. The van der Waals surface area contributed by atoms with Gasteiger partial charge in [0.2, 0.25) is 0 Å². The molecule has 2 aromatic heterocycles. The van der Waals surface area contributed by atoms with Crippen LogP contribution in [0.1, 0.15) is 11.5 Å². The molecule has 3 aromatic rings. The molecule has 0 unspecified atom stereocenters. The van der Waals surface area contributed by atoms with E-state index in [0.29, 0.717) is 16.1 Å². The van der Waals surface area contributed by atoms with Crippen molar-refractivity contribution in [2.75, 3.05) is 0 Å². The second-order valence-corrected chi connectivity index (χ2v) is 5.23. The molecule has 0 atom stereocenters. The molecule has 0 amide bonds. The van der Waals surface area contributed by atoms with E-state index < -0.39 is 5.97 Å². The van der Waals surface area contributed by atoms with E-state index >= 15 is 0 Å². The van der Waals surface area contributed by atoms with Gasteiger partial charge in [0.25, 0.3) is 0 Å². The first-order valence-corrected chi connectivity index (χ1v) is 6.75. The lowest BCUT2D eigenvalue weighted by Gasteiger charge is -2.00. The number of nitrogens with one attached hydrogen (secondary N) is 2. The number of nitrogens with zero attached hydrogens (tertiary/aromatic N) is 2. The van der Waals surface area contributed by atoms with Gasteiger partial charge in [-0.2, -0.15) is 0 Å². The fourth-order valence-corrected chi connectivity index (χ4v) is 2.60. The number of hydrogen-bond donors (Lipinski definition) is 3. The molecule has 7 heteroatoms. The molecule has 2 heterocycles. The summed E-state index contributed by atoms with van der Waals surface area (Å²) in [4.78, 5) is 25.6. The number of rotatable bonds is 3. The molecule has 20 heavy (non-hydrogen) atoms. The molecule has 0 aliphatic heterocycles. The maximum absolute atomic E-state index is 10.9. The topological polar surface area (TPSA) is 94.7 Å². The predicted octanol–water partition coefficient (Wildman–Crippen LogP) is 2.65. The zero-order valence-electron chi connectivity index (χ0n) is 10.6. The summed E-state index contributed by atoms with van der Waals surface area (Å²) in [6, 6.07) is 5.70. The molecule has 102 valence electrons. The highest BCUT2D eigenvalue weighted by Gasteiger charge is 2.14. The fraction of sp³-hybridized carbons (Fsp3) is 0.154. The van der Waals surface area contributed by atoms with Gasteiger partial charge in [-0.15, -0.1) is 0 Å². The summed E-state index contributed by atoms with van der Waals surface area (Å²) in [5.41, 5.74) is 3.83. The van der Waals surface area contributed by atoms with Gasteiger partial charge in [0, 0.05) is 5.56 Å². The SMILES string of the molecule is Cc1nc2ccc(-c3nc(Br)[nH]c3CC(=O)O)cc2[nH]1. The first kappa shape index (κ1) is 12.9. The van der Waals surface area contributed by atoms with Crippen molar-refractivity contribution in [3.63, 3.8) is 0 Å². The summed E-state index contributed by atoms with van der Waals surface area (Å²) in [5.74, 6) is -0.0630. The van der Waals surface area contributed by atoms with Crippen LogP contribution in [-0.2, 0) is 11.2 Å². The Morgan fingerprint density at radius 1 is 1.35 bits per heavy atom. The predicted molar refractivity (Wildman–Crippen MR) is 77.5 cm³/mol. The van der Waals surface area contributed by atoms with Crippen molar-refractivity contribution in [1.82, 2.24) is 19.9 Å². The molecule has 0 spiro atoms. The summed E-state index contributed by atoms with van der Waals surface area (Å²) >= 11 is 3.24. The fourth-order valence-electron chi connectivity index (χ4n) is 2.18. The van der Waals surface area contributed by atoms with E-state index in [1.807, 2.05) is 25.1 Å². The molecule has 0 saturated heterocycles. The third-order valence-electron chi connectivity index (χ3n) is 2.95. The van der Waals surface area contributed by atoms with Crippen LogP contribution in [0.15, 0.2) is 22.9 Å². The number of halogens is 1. The Balaban J connectivity index is 2.12. The molecule has 0 fully saturated rings. The number of imidazole rings is 2. The molecule has 0 bridgehead atoms. The molecule has 6 nitrogen and oxygen atoms in total. The third-order valence-corrected chi connectivity index (χ3v) is 3.33. The minimum atomic E-state index is -0.902. The molecule has 0 aliphatic carbocycles. The smallest absolute Gasteiger partial charge is 0.309 e. The molecule has 0 radical (unpaired) electrons. The Morgan fingerprint density at radius 2 is 2.15 bits per heavy atom. The van der Waals surface area contributed by atoms with Crippen LogP contribution in [0.3, 0.4) is 0 Å². The number of H-pyrrole nitrogens is 2. The molecule has 1 aromatic carbocycles. The van der Waals surface area contributed by atoms with Crippen molar-refractivity contribution in [1.29, 1.82) is 0 Å². The summed E-state index contributed by atoms with van der Waals surface area (Å²) < 4.78 is 0.518. The number of aryl methyl sites for hydroxylation is 1. The monoisotopic (exact) mass is 334 g/mol. The van der Waals surface area contributed by atoms with Gasteiger partial charge in [-0.05, 0) is 35.0 Å². The van der Waals surface area contributed by atoms with Crippen LogP contribution < -0.4 is 0 Å². The summed E-state index contributed by atoms with van der Waals surface area (Å²) in [5, 5.41) is 8.94. The van der Waals surface area contributed by atoms with Gasteiger partial charge in [0.05, 0.1) is 28.8 Å². The number of hydrogen-bond acceptors (Lipinski definition) is 3. The van der Waals surface area contributed by atoms with Crippen molar-refractivity contribution in [2.45, 2.75) is 13.3 Å². The highest BCUT2D eigenvalue weighted by molar-refractivity contribution is 9.10. The zero-order chi connectivity index (χ0) is 14.3. The average molecular weight is 335 g/mol. The minimum Gasteiger partial charge on any atom is -0.481 e. The molecule has 3 N–H and O–H groups in total. The van der Waals surface area contributed by atoms with E-state index in [2.05, 4.69) is 35.9 Å². The van der Waals surface area contributed by atoms with Crippen LogP contribution in [0.25, 0.3) is 22.3 Å². The largest absolute Gasteiger partial charge is 0.481 e. The Hall–Kier alpha value is -2.15. The van der Waals surface area contributed by atoms with Gasteiger partial charge < -0.3 is 15.1 Å². The van der Waals surface area contributed by atoms with E-state index in [4.69, 9.17) is 5.11 Å². The van der Waals surface area contributed by atoms with E-state index in [9.17, 15) is 4.79 Å². The lowest BCUT2D eigenvalue weighted by atomic mass is 10.1. The number of aliphatic carboxylic acids is 1. The van der Waals surface area contributed by atoms with Gasteiger partial charge in [-0.3, -0.25) is 4.79 Å². The van der Waals surface area contributed by atoms with Crippen molar-refractivity contribution in [3.8, 4) is 11.3 Å². The third kappa shape index (κ3) is 2.32. The number of carboxylic acid groups (broad SMARTS) is 1. The lowest BCUT2D eigenvalue weighted by Crippen LogP contribution is -2.01. The van der Waals surface area contributed by atoms with Crippen LogP contribution in [0.2, 0.25) is 0 Å². The summed E-state index contributed by atoms with van der Waals surface area (Å²) in [6.07, 6.45) is -0.103. The maximum Gasteiger partial charge on any atom is 0.309 e. The van der Waals surface area contributed by atoms with E-state index in [1.165, 1.54) is 0 Å². The minimum absolute atomic E-state index is 0.103. The second kappa shape index (κ2) is 4.75. The van der Waals surface area contributed by atoms with Crippen LogP contribution >= 0.6 is 15.9 Å². The Labute approximate surface area is 122 Å². The van der Waals surface area contributed by atoms with Crippen LogP contribution in [0.4, 0.5) is 0 Å². The van der Waals surface area contributed by atoms with E-state index in [0.717, 1.165) is 22.4 Å². The summed E-state index contributed by atoms with van der Waals surface area (Å²) in [6.45, 7) is 1.89. The highest BCUT2D eigenvalue weighted by Crippen LogP contribution is 2.26. The number of benzene rings is 1. The van der Waals surface area contributed by atoms with E-state index in [-0.39, 0.29) is 6.42 Å². The highest BCUT2D eigenvalue weighted by atomic mass is 79.9. The Morgan fingerprint density at radius 3 is 2.90 bits per heavy atom. The first-order valence-electron chi connectivity index (χ1n) is 5.96. The summed E-state index contributed by atoms with van der Waals surface area (Å²) in [7, 11) is 0. The molecule has 3 rings (SSSR count).